The van der Waals surface area contributed by atoms with Crippen LogP contribution < -0.4 is 0 Å². The lowest BCUT2D eigenvalue weighted by Crippen LogP contribution is -1.79. The number of H-pyrrole nitrogens is 1. The highest BCUT2D eigenvalue weighted by atomic mass is 35.5. The molecular weight excluding hydrogens is 246 g/mol. The number of rotatable bonds is 2. The average Bonchev–Trinajstić information content (AvgIpc) is 2.81. The molecule has 0 amide bonds. The topological polar surface area (TPSA) is 41.0 Å². The Hall–Kier alpha value is -2.13. The van der Waals surface area contributed by atoms with Gasteiger partial charge in [-0.15, -0.1) is 0 Å². The van der Waals surface area contributed by atoms with E-state index in [4.69, 9.17) is 11.6 Å². The minimum atomic E-state index is 0.603. The maximum absolute atomic E-state index is 5.82. The van der Waals surface area contributed by atoms with Crippen LogP contribution in [0.1, 0.15) is 5.56 Å². The van der Waals surface area contributed by atoms with Gasteiger partial charge in [0.1, 0.15) is 0 Å². The van der Waals surface area contributed by atoms with E-state index in [1.54, 1.807) is 6.21 Å². The molecule has 0 aliphatic rings. The van der Waals surface area contributed by atoms with E-state index in [0.717, 1.165) is 21.6 Å². The Labute approximate surface area is 109 Å². The third kappa shape index (κ3) is 2.26. The van der Waals surface area contributed by atoms with Crippen molar-refractivity contribution in [2.75, 3.05) is 0 Å². The third-order valence-corrected chi connectivity index (χ3v) is 2.83. The van der Waals surface area contributed by atoms with Crippen molar-refractivity contribution in [3.63, 3.8) is 0 Å². The summed E-state index contributed by atoms with van der Waals surface area (Å²) in [5, 5.41) is 0.718. The minimum Gasteiger partial charge on any atom is -0.322 e. The molecule has 4 heteroatoms. The van der Waals surface area contributed by atoms with E-state index < -0.39 is 0 Å². The zero-order chi connectivity index (χ0) is 12.4. The third-order valence-electron chi connectivity index (χ3n) is 2.58. The van der Waals surface area contributed by atoms with Crippen molar-refractivity contribution >= 4 is 34.8 Å². The Kier molecular flexibility index (Phi) is 2.82. The number of halogens is 1. The zero-order valence-corrected chi connectivity index (χ0v) is 10.2. The summed E-state index contributed by atoms with van der Waals surface area (Å²) in [4.78, 5) is 11.8. The van der Waals surface area contributed by atoms with Crippen LogP contribution >= 0.6 is 11.6 Å². The molecule has 0 radical (unpaired) electrons. The van der Waals surface area contributed by atoms with Gasteiger partial charge in [0.2, 0.25) is 5.95 Å². The van der Waals surface area contributed by atoms with Crippen molar-refractivity contribution < 1.29 is 0 Å². The average molecular weight is 256 g/mol. The molecule has 2 aromatic carbocycles. The van der Waals surface area contributed by atoms with Crippen LogP contribution in [0.3, 0.4) is 0 Å². The Bertz CT molecular complexity index is 665. The highest BCUT2D eigenvalue weighted by Crippen LogP contribution is 2.15. The number of nitrogens with one attached hydrogen (secondary N) is 1. The van der Waals surface area contributed by atoms with E-state index in [-0.39, 0.29) is 0 Å². The fourth-order valence-electron chi connectivity index (χ4n) is 1.68. The van der Waals surface area contributed by atoms with Gasteiger partial charge in [-0.2, -0.15) is 0 Å². The van der Waals surface area contributed by atoms with Gasteiger partial charge < -0.3 is 4.98 Å². The van der Waals surface area contributed by atoms with Gasteiger partial charge in [0, 0.05) is 11.2 Å². The number of aliphatic imine (C=N–C) groups is 1. The smallest absolute Gasteiger partial charge is 0.227 e. The Morgan fingerprint density at radius 3 is 2.61 bits per heavy atom. The molecule has 18 heavy (non-hydrogen) atoms. The van der Waals surface area contributed by atoms with Crippen molar-refractivity contribution in [2.24, 2.45) is 4.99 Å². The number of aromatic nitrogens is 2. The fourth-order valence-corrected chi connectivity index (χ4v) is 1.81. The summed E-state index contributed by atoms with van der Waals surface area (Å²) < 4.78 is 0. The second-order valence-corrected chi connectivity index (χ2v) is 4.32. The standard InChI is InChI=1S/C14H10ClN3/c15-11-7-5-10(6-8-11)9-16-14-17-12-3-1-2-4-13(12)18-14/h1-9H,(H,17,18)/b16-9+. The predicted molar refractivity (Wildman–Crippen MR) is 74.8 cm³/mol. The minimum absolute atomic E-state index is 0.603. The normalized spacial score (nSPS) is 11.4. The Morgan fingerprint density at radius 1 is 1.06 bits per heavy atom. The highest BCUT2D eigenvalue weighted by molar-refractivity contribution is 6.30. The number of aromatic amines is 1. The van der Waals surface area contributed by atoms with Crippen LogP contribution in [0.2, 0.25) is 5.02 Å². The maximum Gasteiger partial charge on any atom is 0.227 e. The van der Waals surface area contributed by atoms with Gasteiger partial charge in [0.15, 0.2) is 0 Å². The van der Waals surface area contributed by atoms with Crippen molar-refractivity contribution in [1.29, 1.82) is 0 Å². The zero-order valence-electron chi connectivity index (χ0n) is 9.47. The number of benzene rings is 2. The summed E-state index contributed by atoms with van der Waals surface area (Å²) in [5.74, 6) is 0.603. The van der Waals surface area contributed by atoms with E-state index in [0.29, 0.717) is 5.95 Å². The molecule has 0 aliphatic heterocycles. The molecule has 0 spiro atoms. The van der Waals surface area contributed by atoms with E-state index in [1.807, 2.05) is 48.5 Å². The SMILES string of the molecule is Clc1ccc(/C=N/c2nc3ccccc3[nH]2)cc1. The van der Waals surface area contributed by atoms with Crippen LogP contribution in [0, 0.1) is 0 Å². The molecule has 0 bridgehead atoms. The first kappa shape index (κ1) is 11.0. The van der Waals surface area contributed by atoms with Gasteiger partial charge in [-0.3, -0.25) is 0 Å². The van der Waals surface area contributed by atoms with E-state index in [1.165, 1.54) is 0 Å². The lowest BCUT2D eigenvalue weighted by molar-refractivity contribution is 1.27. The van der Waals surface area contributed by atoms with Gasteiger partial charge in [-0.1, -0.05) is 35.9 Å². The fraction of sp³-hybridized carbons (Fsp3) is 0. The predicted octanol–water partition coefficient (Wildman–Crippen LogP) is 3.97. The lowest BCUT2D eigenvalue weighted by Gasteiger charge is -1.91. The Morgan fingerprint density at radius 2 is 1.83 bits per heavy atom. The first-order valence-corrected chi connectivity index (χ1v) is 5.93. The van der Waals surface area contributed by atoms with Gasteiger partial charge in [0.05, 0.1) is 11.0 Å². The number of hydrogen-bond acceptors (Lipinski definition) is 2. The summed E-state index contributed by atoms with van der Waals surface area (Å²) in [7, 11) is 0. The van der Waals surface area contributed by atoms with Gasteiger partial charge in [-0.05, 0) is 29.8 Å². The molecule has 1 heterocycles. The Balaban J connectivity index is 1.89. The van der Waals surface area contributed by atoms with Crippen molar-refractivity contribution in [1.82, 2.24) is 9.97 Å². The van der Waals surface area contributed by atoms with Crippen molar-refractivity contribution in [3.05, 3.63) is 59.1 Å². The molecule has 3 rings (SSSR count). The summed E-state index contributed by atoms with van der Waals surface area (Å²) in [5.41, 5.74) is 2.89. The molecule has 0 atom stereocenters. The highest BCUT2D eigenvalue weighted by Gasteiger charge is 1.98. The molecule has 88 valence electrons. The molecule has 1 aromatic heterocycles. The van der Waals surface area contributed by atoms with E-state index in [9.17, 15) is 0 Å². The van der Waals surface area contributed by atoms with Gasteiger partial charge >= 0.3 is 0 Å². The molecule has 0 saturated heterocycles. The lowest BCUT2D eigenvalue weighted by atomic mass is 10.2. The summed E-state index contributed by atoms with van der Waals surface area (Å²) in [6.45, 7) is 0. The molecule has 0 unspecified atom stereocenters. The number of imidazole rings is 1. The first-order valence-electron chi connectivity index (χ1n) is 5.56. The molecule has 0 fully saturated rings. The quantitative estimate of drug-likeness (QED) is 0.692. The first-order chi connectivity index (χ1) is 8.81. The van der Waals surface area contributed by atoms with Crippen LogP contribution in [0.15, 0.2) is 53.5 Å². The number of nitrogens with zero attached hydrogens (tertiary/aromatic N) is 2. The van der Waals surface area contributed by atoms with Crippen LogP contribution in [-0.4, -0.2) is 16.2 Å². The molecule has 0 aliphatic carbocycles. The molecule has 3 nitrogen and oxygen atoms in total. The molecular formula is C14H10ClN3. The summed E-state index contributed by atoms with van der Waals surface area (Å²) >= 11 is 5.82. The van der Waals surface area contributed by atoms with Gasteiger partial charge in [-0.25, -0.2) is 9.98 Å². The van der Waals surface area contributed by atoms with Crippen LogP contribution in [0.4, 0.5) is 5.95 Å². The van der Waals surface area contributed by atoms with Crippen molar-refractivity contribution in [3.8, 4) is 0 Å². The summed E-state index contributed by atoms with van der Waals surface area (Å²) in [6, 6.07) is 15.3. The molecule has 1 N–H and O–H groups in total. The van der Waals surface area contributed by atoms with Crippen LogP contribution in [0.5, 0.6) is 0 Å². The molecule has 3 aromatic rings. The van der Waals surface area contributed by atoms with E-state index in [2.05, 4.69) is 15.0 Å². The largest absolute Gasteiger partial charge is 0.322 e. The maximum atomic E-state index is 5.82. The van der Waals surface area contributed by atoms with Gasteiger partial charge in [0.25, 0.3) is 0 Å². The molecule has 0 saturated carbocycles. The van der Waals surface area contributed by atoms with Crippen molar-refractivity contribution in [2.45, 2.75) is 0 Å². The number of hydrogen-bond donors (Lipinski definition) is 1. The van der Waals surface area contributed by atoms with Crippen LogP contribution in [0.25, 0.3) is 11.0 Å². The second kappa shape index (κ2) is 4.63. The monoisotopic (exact) mass is 255 g/mol. The van der Waals surface area contributed by atoms with E-state index >= 15 is 0 Å². The number of para-hydroxylation sites is 2. The second-order valence-electron chi connectivity index (χ2n) is 3.89. The van der Waals surface area contributed by atoms with Crippen LogP contribution in [-0.2, 0) is 0 Å². The summed E-state index contributed by atoms with van der Waals surface area (Å²) in [6.07, 6.45) is 1.76. The number of fused-ring (bicyclic) bond motifs is 1.